The fraction of sp³-hybridized carbons (Fsp3) is 0.167. The Morgan fingerprint density at radius 2 is 2.11 bits per heavy atom. The van der Waals surface area contributed by atoms with Crippen LogP contribution in [0.2, 0.25) is 10.0 Å². The van der Waals surface area contributed by atoms with Crippen LogP contribution in [0.3, 0.4) is 0 Å². The minimum atomic E-state index is -0.186. The van der Waals surface area contributed by atoms with Crippen molar-refractivity contribution in [3.05, 3.63) is 62.7 Å². The fourth-order valence-corrected chi connectivity index (χ4v) is 4.29. The number of benzene rings is 1. The molecule has 27 heavy (non-hydrogen) atoms. The van der Waals surface area contributed by atoms with Crippen LogP contribution in [0.25, 0.3) is 10.2 Å². The normalized spacial score (nSPS) is 11.3. The third-order valence-corrected chi connectivity index (χ3v) is 6.29. The first-order valence-corrected chi connectivity index (χ1v) is 9.70. The lowest BCUT2D eigenvalue weighted by atomic mass is 10.2. The molecule has 1 aromatic carbocycles. The van der Waals surface area contributed by atoms with Crippen molar-refractivity contribution in [3.63, 3.8) is 0 Å². The zero-order valence-corrected chi connectivity index (χ0v) is 16.9. The molecule has 3 aromatic heterocycles. The molecule has 0 radical (unpaired) electrons. The van der Waals surface area contributed by atoms with E-state index >= 15 is 0 Å². The predicted molar refractivity (Wildman–Crippen MR) is 109 cm³/mol. The summed E-state index contributed by atoms with van der Waals surface area (Å²) in [5, 5.41) is 13.5. The summed E-state index contributed by atoms with van der Waals surface area (Å²) in [5.41, 5.74) is 1.73. The molecule has 0 saturated carbocycles. The highest BCUT2D eigenvalue weighted by Gasteiger charge is 2.17. The minimum absolute atomic E-state index is 0.186. The molecule has 0 spiro atoms. The molecule has 9 heteroatoms. The zero-order chi connectivity index (χ0) is 19.1. The average Bonchev–Trinajstić information content (AvgIpc) is 3.31. The van der Waals surface area contributed by atoms with Gasteiger partial charge in [0, 0.05) is 18.5 Å². The van der Waals surface area contributed by atoms with Gasteiger partial charge in [-0.3, -0.25) is 9.48 Å². The molecule has 6 nitrogen and oxygen atoms in total. The number of amides is 1. The van der Waals surface area contributed by atoms with Crippen LogP contribution in [-0.4, -0.2) is 25.5 Å². The van der Waals surface area contributed by atoms with Gasteiger partial charge in [-0.1, -0.05) is 35.3 Å². The number of thiophene rings is 1. The Morgan fingerprint density at radius 3 is 2.89 bits per heavy atom. The number of hydrogen-bond donors (Lipinski definition) is 1. The van der Waals surface area contributed by atoms with Crippen molar-refractivity contribution in [2.24, 2.45) is 7.05 Å². The number of anilines is 1. The maximum atomic E-state index is 12.7. The third kappa shape index (κ3) is 3.34. The fourth-order valence-electron chi connectivity index (χ4n) is 2.89. The van der Waals surface area contributed by atoms with Gasteiger partial charge in [-0.05, 0) is 24.6 Å². The number of fused-ring (bicyclic) bond motifs is 1. The van der Waals surface area contributed by atoms with Crippen molar-refractivity contribution in [1.29, 1.82) is 0 Å². The van der Waals surface area contributed by atoms with Gasteiger partial charge in [0.1, 0.15) is 10.6 Å². The Morgan fingerprint density at radius 1 is 1.30 bits per heavy atom. The Hall–Kier alpha value is -2.35. The number of carbonyl (C=O) groups is 1. The molecular weight excluding hydrogens is 405 g/mol. The Labute approximate surface area is 169 Å². The summed E-state index contributed by atoms with van der Waals surface area (Å²) >= 11 is 13.7. The summed E-state index contributed by atoms with van der Waals surface area (Å²) in [6.45, 7) is 2.33. The van der Waals surface area contributed by atoms with Gasteiger partial charge in [-0.15, -0.1) is 11.3 Å². The van der Waals surface area contributed by atoms with Gasteiger partial charge in [0.2, 0.25) is 0 Å². The molecule has 138 valence electrons. The summed E-state index contributed by atoms with van der Waals surface area (Å²) in [4.78, 5) is 14.3. The standard InChI is InChI=1S/C18H15Cl2N5OS/c1-10-12-8-14(27-18(12)24(2)23-10)17(26)22-15-6-7-21-25(15)9-11-4-3-5-13(19)16(11)20/h3-8H,9H2,1-2H3,(H,22,26). The maximum Gasteiger partial charge on any atom is 0.266 e. The van der Waals surface area contributed by atoms with Crippen LogP contribution < -0.4 is 5.32 Å². The number of aromatic nitrogens is 4. The molecule has 0 fully saturated rings. The van der Waals surface area contributed by atoms with E-state index in [1.807, 2.05) is 32.2 Å². The van der Waals surface area contributed by atoms with Gasteiger partial charge in [-0.2, -0.15) is 10.2 Å². The molecule has 3 heterocycles. The highest BCUT2D eigenvalue weighted by Crippen LogP contribution is 2.29. The number of aryl methyl sites for hydroxylation is 2. The molecule has 0 atom stereocenters. The van der Waals surface area contributed by atoms with Crippen LogP contribution in [0.5, 0.6) is 0 Å². The number of halogens is 2. The Kier molecular flexibility index (Phi) is 4.67. The molecule has 0 aliphatic carbocycles. The van der Waals surface area contributed by atoms with Gasteiger partial charge < -0.3 is 5.32 Å². The van der Waals surface area contributed by atoms with E-state index in [0.29, 0.717) is 27.3 Å². The van der Waals surface area contributed by atoms with Crippen molar-refractivity contribution in [2.45, 2.75) is 13.5 Å². The molecule has 1 N–H and O–H groups in total. The first kappa shape index (κ1) is 18.0. The van der Waals surface area contributed by atoms with Crippen molar-refractivity contribution in [2.75, 3.05) is 5.32 Å². The second-order valence-electron chi connectivity index (χ2n) is 6.08. The lowest BCUT2D eigenvalue weighted by molar-refractivity contribution is 0.102. The van der Waals surface area contributed by atoms with E-state index in [2.05, 4.69) is 15.5 Å². The van der Waals surface area contributed by atoms with E-state index in [4.69, 9.17) is 23.2 Å². The number of carbonyl (C=O) groups excluding carboxylic acids is 1. The van der Waals surface area contributed by atoms with E-state index < -0.39 is 0 Å². The first-order valence-electron chi connectivity index (χ1n) is 8.13. The van der Waals surface area contributed by atoms with Gasteiger partial charge in [0.25, 0.3) is 5.91 Å². The van der Waals surface area contributed by atoms with Gasteiger partial charge in [0.05, 0.1) is 33.4 Å². The largest absolute Gasteiger partial charge is 0.306 e. The number of rotatable bonds is 4. The lowest BCUT2D eigenvalue weighted by Gasteiger charge is -2.10. The van der Waals surface area contributed by atoms with Crippen LogP contribution >= 0.6 is 34.5 Å². The quantitative estimate of drug-likeness (QED) is 0.518. The molecule has 1 amide bonds. The minimum Gasteiger partial charge on any atom is -0.306 e. The Bertz CT molecular complexity index is 1130. The first-order chi connectivity index (χ1) is 12.9. The zero-order valence-electron chi connectivity index (χ0n) is 14.5. The summed E-state index contributed by atoms with van der Waals surface area (Å²) in [6, 6.07) is 9.06. The van der Waals surface area contributed by atoms with Gasteiger partial charge >= 0.3 is 0 Å². The van der Waals surface area contributed by atoms with E-state index in [1.165, 1.54) is 11.3 Å². The molecular formula is C18H15Cl2N5OS. The van der Waals surface area contributed by atoms with Gasteiger partial charge in [-0.25, -0.2) is 4.68 Å². The maximum absolute atomic E-state index is 12.7. The molecule has 0 bridgehead atoms. The van der Waals surface area contributed by atoms with E-state index in [-0.39, 0.29) is 5.91 Å². The topological polar surface area (TPSA) is 64.7 Å². The van der Waals surface area contributed by atoms with Crippen molar-refractivity contribution >= 4 is 56.5 Å². The SMILES string of the molecule is Cc1nn(C)c2sc(C(=O)Nc3ccnn3Cc3cccc(Cl)c3Cl)cc12. The number of nitrogens with zero attached hydrogens (tertiary/aromatic N) is 4. The molecule has 0 saturated heterocycles. The van der Waals surface area contributed by atoms with E-state index in [9.17, 15) is 4.79 Å². The van der Waals surface area contributed by atoms with E-state index in [0.717, 1.165) is 21.5 Å². The predicted octanol–water partition coefficient (Wildman–Crippen LogP) is 4.75. The summed E-state index contributed by atoms with van der Waals surface area (Å²) in [5.74, 6) is 0.401. The van der Waals surface area contributed by atoms with Gasteiger partial charge in [0.15, 0.2) is 0 Å². The second kappa shape index (κ2) is 6.99. The molecule has 0 unspecified atom stereocenters. The van der Waals surface area contributed by atoms with Crippen LogP contribution in [0, 0.1) is 6.92 Å². The molecule has 0 aliphatic heterocycles. The second-order valence-corrected chi connectivity index (χ2v) is 7.90. The highest BCUT2D eigenvalue weighted by molar-refractivity contribution is 7.20. The van der Waals surface area contributed by atoms with Crippen LogP contribution in [0.1, 0.15) is 20.9 Å². The Balaban J connectivity index is 1.58. The molecule has 4 rings (SSSR count). The monoisotopic (exact) mass is 419 g/mol. The van der Waals surface area contributed by atoms with Crippen LogP contribution in [-0.2, 0) is 13.6 Å². The highest BCUT2D eigenvalue weighted by atomic mass is 35.5. The van der Waals surface area contributed by atoms with Crippen molar-refractivity contribution in [1.82, 2.24) is 19.6 Å². The van der Waals surface area contributed by atoms with E-state index in [1.54, 1.807) is 27.7 Å². The van der Waals surface area contributed by atoms with Crippen molar-refractivity contribution < 1.29 is 4.79 Å². The summed E-state index contributed by atoms with van der Waals surface area (Å²) in [7, 11) is 1.87. The van der Waals surface area contributed by atoms with Crippen LogP contribution in [0.4, 0.5) is 5.82 Å². The average molecular weight is 420 g/mol. The third-order valence-electron chi connectivity index (χ3n) is 4.23. The van der Waals surface area contributed by atoms with Crippen LogP contribution in [0.15, 0.2) is 36.5 Å². The number of hydrogen-bond acceptors (Lipinski definition) is 4. The molecule has 4 aromatic rings. The summed E-state index contributed by atoms with van der Waals surface area (Å²) < 4.78 is 3.47. The smallest absolute Gasteiger partial charge is 0.266 e. The summed E-state index contributed by atoms with van der Waals surface area (Å²) in [6.07, 6.45) is 1.63. The lowest BCUT2D eigenvalue weighted by Crippen LogP contribution is -2.15. The molecule has 0 aliphatic rings. The van der Waals surface area contributed by atoms with Crippen molar-refractivity contribution in [3.8, 4) is 0 Å². The number of nitrogens with one attached hydrogen (secondary N) is 1.